The van der Waals surface area contributed by atoms with Crippen LogP contribution in [0.15, 0.2) is 41.0 Å². The van der Waals surface area contributed by atoms with Gasteiger partial charge in [-0.1, -0.05) is 11.3 Å². The van der Waals surface area contributed by atoms with Crippen LogP contribution in [0.3, 0.4) is 0 Å². The number of benzene rings is 1. The zero-order valence-electron chi connectivity index (χ0n) is 12.0. The van der Waals surface area contributed by atoms with Crippen LogP contribution < -0.4 is 5.32 Å². The molecule has 0 saturated carbocycles. The molecule has 4 rings (SSSR count). The lowest BCUT2D eigenvalue weighted by Gasteiger charge is -2.00. The highest BCUT2D eigenvalue weighted by Gasteiger charge is 2.13. The fourth-order valence-corrected chi connectivity index (χ4v) is 2.93. The van der Waals surface area contributed by atoms with E-state index in [1.165, 1.54) is 11.3 Å². The van der Waals surface area contributed by atoms with Crippen molar-refractivity contribution in [3.05, 3.63) is 48.0 Å². The van der Waals surface area contributed by atoms with Crippen molar-refractivity contribution in [3.63, 3.8) is 0 Å². The SMILES string of the molecule is Cc1nc2ccc(C(=O)Nc3nnc(-c4ccco4)s3)cc2[nH]1. The number of hydrogen-bond donors (Lipinski definition) is 2. The molecule has 0 unspecified atom stereocenters. The molecule has 1 amide bonds. The number of aryl methyl sites for hydroxylation is 1. The molecule has 114 valence electrons. The van der Waals surface area contributed by atoms with Crippen LogP contribution in [0.4, 0.5) is 5.13 Å². The molecule has 0 atom stereocenters. The third kappa shape index (κ3) is 2.59. The number of anilines is 1. The summed E-state index contributed by atoms with van der Waals surface area (Å²) in [6.07, 6.45) is 1.57. The Kier molecular flexibility index (Phi) is 3.16. The molecule has 0 radical (unpaired) electrons. The number of furan rings is 1. The molecular formula is C15H11N5O2S. The largest absolute Gasteiger partial charge is 0.462 e. The number of amides is 1. The van der Waals surface area contributed by atoms with Crippen LogP contribution in [-0.4, -0.2) is 26.1 Å². The lowest BCUT2D eigenvalue weighted by Crippen LogP contribution is -2.11. The fraction of sp³-hybridized carbons (Fsp3) is 0.0667. The van der Waals surface area contributed by atoms with Gasteiger partial charge in [0.2, 0.25) is 5.13 Å². The maximum Gasteiger partial charge on any atom is 0.257 e. The lowest BCUT2D eigenvalue weighted by molar-refractivity contribution is 0.102. The van der Waals surface area contributed by atoms with Crippen LogP contribution in [0, 0.1) is 6.92 Å². The number of fused-ring (bicyclic) bond motifs is 1. The van der Waals surface area contributed by atoms with Crippen LogP contribution in [-0.2, 0) is 0 Å². The number of aromatic amines is 1. The zero-order valence-corrected chi connectivity index (χ0v) is 12.8. The van der Waals surface area contributed by atoms with E-state index in [-0.39, 0.29) is 5.91 Å². The second-order valence-electron chi connectivity index (χ2n) is 4.90. The minimum atomic E-state index is -0.249. The summed E-state index contributed by atoms with van der Waals surface area (Å²) in [7, 11) is 0. The molecule has 23 heavy (non-hydrogen) atoms. The number of H-pyrrole nitrogens is 1. The molecule has 4 aromatic rings. The molecule has 3 heterocycles. The molecule has 8 heteroatoms. The summed E-state index contributed by atoms with van der Waals surface area (Å²) in [5, 5.41) is 11.7. The van der Waals surface area contributed by atoms with Crippen molar-refractivity contribution >= 4 is 33.4 Å². The summed E-state index contributed by atoms with van der Waals surface area (Å²) < 4.78 is 5.26. The number of imidazole rings is 1. The Hall–Kier alpha value is -3.00. The molecule has 0 aliphatic rings. The van der Waals surface area contributed by atoms with Crippen molar-refractivity contribution in [1.29, 1.82) is 0 Å². The monoisotopic (exact) mass is 325 g/mol. The average Bonchev–Trinajstić information content (AvgIpc) is 3.25. The van der Waals surface area contributed by atoms with E-state index in [0.29, 0.717) is 21.5 Å². The fourth-order valence-electron chi connectivity index (χ4n) is 2.22. The average molecular weight is 325 g/mol. The molecular weight excluding hydrogens is 314 g/mol. The first kappa shape index (κ1) is 13.6. The van der Waals surface area contributed by atoms with E-state index in [2.05, 4.69) is 25.5 Å². The summed E-state index contributed by atoms with van der Waals surface area (Å²) in [4.78, 5) is 19.8. The van der Waals surface area contributed by atoms with Crippen LogP contribution in [0.2, 0.25) is 0 Å². The van der Waals surface area contributed by atoms with Crippen molar-refractivity contribution in [2.24, 2.45) is 0 Å². The van der Waals surface area contributed by atoms with Gasteiger partial charge in [0.05, 0.1) is 17.3 Å². The van der Waals surface area contributed by atoms with E-state index in [1.54, 1.807) is 30.5 Å². The van der Waals surface area contributed by atoms with Gasteiger partial charge in [-0.15, -0.1) is 10.2 Å². The van der Waals surface area contributed by atoms with E-state index in [0.717, 1.165) is 16.9 Å². The smallest absolute Gasteiger partial charge is 0.257 e. The minimum absolute atomic E-state index is 0.249. The second-order valence-corrected chi connectivity index (χ2v) is 5.88. The van der Waals surface area contributed by atoms with Gasteiger partial charge < -0.3 is 9.40 Å². The summed E-state index contributed by atoms with van der Waals surface area (Å²) in [6.45, 7) is 1.87. The predicted molar refractivity (Wildman–Crippen MR) is 86.4 cm³/mol. The minimum Gasteiger partial charge on any atom is -0.462 e. The van der Waals surface area contributed by atoms with Gasteiger partial charge in [-0.3, -0.25) is 10.1 Å². The van der Waals surface area contributed by atoms with Gasteiger partial charge in [-0.2, -0.15) is 0 Å². The quantitative estimate of drug-likeness (QED) is 0.603. The van der Waals surface area contributed by atoms with E-state index < -0.39 is 0 Å². The van der Waals surface area contributed by atoms with Crippen LogP contribution in [0.25, 0.3) is 21.8 Å². The van der Waals surface area contributed by atoms with Crippen LogP contribution in [0.5, 0.6) is 0 Å². The van der Waals surface area contributed by atoms with Gasteiger partial charge >= 0.3 is 0 Å². The molecule has 0 spiro atoms. The van der Waals surface area contributed by atoms with Gasteiger partial charge in [0.15, 0.2) is 10.8 Å². The van der Waals surface area contributed by atoms with Gasteiger partial charge in [0.1, 0.15) is 5.82 Å². The Labute approximate surface area is 134 Å². The van der Waals surface area contributed by atoms with Crippen molar-refractivity contribution in [2.45, 2.75) is 6.92 Å². The van der Waals surface area contributed by atoms with Gasteiger partial charge in [0.25, 0.3) is 5.91 Å². The Balaban J connectivity index is 1.56. The maximum absolute atomic E-state index is 12.3. The molecule has 0 saturated heterocycles. The van der Waals surface area contributed by atoms with E-state index in [4.69, 9.17) is 4.42 Å². The van der Waals surface area contributed by atoms with Gasteiger partial charge in [0, 0.05) is 5.56 Å². The van der Waals surface area contributed by atoms with Gasteiger partial charge in [-0.25, -0.2) is 4.98 Å². The highest BCUT2D eigenvalue weighted by atomic mass is 32.1. The predicted octanol–water partition coefficient (Wildman–Crippen LogP) is 3.24. The first-order valence-electron chi connectivity index (χ1n) is 6.84. The molecule has 0 bridgehead atoms. The summed E-state index contributed by atoms with van der Waals surface area (Å²) in [5.74, 6) is 1.18. The number of carbonyl (C=O) groups excluding carboxylic acids is 1. The Morgan fingerprint density at radius 2 is 2.22 bits per heavy atom. The summed E-state index contributed by atoms with van der Waals surface area (Å²) in [5.41, 5.74) is 2.18. The number of nitrogens with zero attached hydrogens (tertiary/aromatic N) is 3. The third-order valence-electron chi connectivity index (χ3n) is 3.24. The molecule has 0 aliphatic heterocycles. The van der Waals surface area contributed by atoms with Crippen molar-refractivity contribution < 1.29 is 9.21 Å². The Morgan fingerprint density at radius 3 is 3.04 bits per heavy atom. The molecule has 0 fully saturated rings. The number of carbonyl (C=O) groups is 1. The first-order chi connectivity index (χ1) is 11.2. The third-order valence-corrected chi connectivity index (χ3v) is 4.09. The van der Waals surface area contributed by atoms with E-state index in [1.807, 2.05) is 13.0 Å². The molecule has 1 aromatic carbocycles. The van der Waals surface area contributed by atoms with Crippen molar-refractivity contribution in [1.82, 2.24) is 20.2 Å². The highest BCUT2D eigenvalue weighted by Crippen LogP contribution is 2.26. The highest BCUT2D eigenvalue weighted by molar-refractivity contribution is 7.18. The van der Waals surface area contributed by atoms with Crippen LogP contribution in [0.1, 0.15) is 16.2 Å². The zero-order chi connectivity index (χ0) is 15.8. The molecule has 2 N–H and O–H groups in total. The van der Waals surface area contributed by atoms with Crippen molar-refractivity contribution in [2.75, 3.05) is 5.32 Å². The van der Waals surface area contributed by atoms with Crippen molar-refractivity contribution in [3.8, 4) is 10.8 Å². The topological polar surface area (TPSA) is 96.7 Å². The molecule has 7 nitrogen and oxygen atoms in total. The number of nitrogens with one attached hydrogen (secondary N) is 2. The number of rotatable bonds is 3. The van der Waals surface area contributed by atoms with Crippen LogP contribution >= 0.6 is 11.3 Å². The molecule has 0 aliphatic carbocycles. The van der Waals surface area contributed by atoms with E-state index in [9.17, 15) is 4.79 Å². The first-order valence-corrected chi connectivity index (χ1v) is 7.66. The normalized spacial score (nSPS) is 11.0. The Bertz CT molecular complexity index is 987. The Morgan fingerprint density at radius 1 is 1.30 bits per heavy atom. The van der Waals surface area contributed by atoms with E-state index >= 15 is 0 Å². The lowest BCUT2D eigenvalue weighted by atomic mass is 10.2. The number of hydrogen-bond acceptors (Lipinski definition) is 6. The number of aromatic nitrogens is 4. The summed E-state index contributed by atoms with van der Waals surface area (Å²) >= 11 is 1.25. The summed E-state index contributed by atoms with van der Waals surface area (Å²) in [6, 6.07) is 8.87. The standard InChI is InChI=1S/C15H11N5O2S/c1-8-16-10-5-4-9(7-11(10)17-8)13(21)18-15-20-19-14(23-15)12-3-2-6-22-12/h2-7H,1H3,(H,16,17)(H,18,20,21). The van der Waals surface area contributed by atoms with Gasteiger partial charge in [-0.05, 0) is 37.3 Å². The molecule has 3 aromatic heterocycles. The second kappa shape index (κ2) is 5.33. The maximum atomic E-state index is 12.3.